The molecule has 0 N–H and O–H groups in total. The van der Waals surface area contributed by atoms with Gasteiger partial charge in [0.05, 0.1) is 20.1 Å². The predicted octanol–water partition coefficient (Wildman–Crippen LogP) is 2.26. The van der Waals surface area contributed by atoms with E-state index in [0.717, 1.165) is 5.56 Å². The number of aryl methyl sites for hydroxylation is 1. The normalized spacial score (nSPS) is 15.0. The van der Waals surface area contributed by atoms with Crippen molar-refractivity contribution in [1.29, 1.82) is 0 Å². The van der Waals surface area contributed by atoms with Crippen LogP contribution in [-0.4, -0.2) is 74.3 Å². The van der Waals surface area contributed by atoms with E-state index in [9.17, 15) is 22.8 Å². The van der Waals surface area contributed by atoms with Crippen molar-refractivity contribution >= 4 is 11.8 Å². The zero-order valence-electron chi connectivity index (χ0n) is 15.3. The van der Waals surface area contributed by atoms with Gasteiger partial charge in [0.2, 0.25) is 5.91 Å². The molecule has 150 valence electrons. The van der Waals surface area contributed by atoms with Crippen molar-refractivity contribution in [1.82, 2.24) is 9.80 Å². The van der Waals surface area contributed by atoms with Gasteiger partial charge in [0.25, 0.3) is 5.91 Å². The molecule has 1 aromatic rings. The summed E-state index contributed by atoms with van der Waals surface area (Å²) in [7, 11) is 1.54. The molecule has 27 heavy (non-hydrogen) atoms. The Morgan fingerprint density at radius 1 is 1.11 bits per heavy atom. The topological polar surface area (TPSA) is 59.1 Å². The molecule has 0 bridgehead atoms. The number of benzene rings is 1. The highest BCUT2D eigenvalue weighted by Crippen LogP contribution is 2.20. The fourth-order valence-corrected chi connectivity index (χ4v) is 2.80. The van der Waals surface area contributed by atoms with Crippen LogP contribution in [0.15, 0.2) is 18.2 Å². The minimum Gasteiger partial charge on any atom is -0.496 e. The van der Waals surface area contributed by atoms with Crippen molar-refractivity contribution in [3.63, 3.8) is 0 Å². The van der Waals surface area contributed by atoms with E-state index in [-0.39, 0.29) is 24.8 Å². The molecule has 1 aliphatic heterocycles. The monoisotopic (exact) mass is 388 g/mol. The van der Waals surface area contributed by atoms with Crippen molar-refractivity contribution < 1.29 is 32.2 Å². The molecule has 1 aliphatic rings. The Hall–Kier alpha value is -2.29. The highest BCUT2D eigenvalue weighted by Gasteiger charge is 2.28. The third-order valence-electron chi connectivity index (χ3n) is 4.30. The smallest absolute Gasteiger partial charge is 0.411 e. The molecule has 0 spiro atoms. The van der Waals surface area contributed by atoms with Gasteiger partial charge in [-0.05, 0) is 24.6 Å². The first-order valence-electron chi connectivity index (χ1n) is 8.57. The van der Waals surface area contributed by atoms with Crippen molar-refractivity contribution in [2.24, 2.45) is 0 Å². The zero-order valence-corrected chi connectivity index (χ0v) is 15.3. The lowest BCUT2D eigenvalue weighted by Gasteiger charge is -2.35. The van der Waals surface area contributed by atoms with Crippen molar-refractivity contribution in [2.75, 3.05) is 46.5 Å². The zero-order chi connectivity index (χ0) is 20.0. The third kappa shape index (κ3) is 6.13. The summed E-state index contributed by atoms with van der Waals surface area (Å²) in [6, 6.07) is 5.23. The quantitative estimate of drug-likeness (QED) is 0.702. The molecule has 2 rings (SSSR count). The second-order valence-corrected chi connectivity index (χ2v) is 6.28. The molecule has 1 saturated heterocycles. The summed E-state index contributed by atoms with van der Waals surface area (Å²) in [5, 5.41) is 0. The van der Waals surface area contributed by atoms with E-state index in [4.69, 9.17) is 4.74 Å². The molecule has 0 aliphatic carbocycles. The molecule has 0 atom stereocenters. The van der Waals surface area contributed by atoms with Crippen LogP contribution < -0.4 is 4.74 Å². The average molecular weight is 388 g/mol. The minimum absolute atomic E-state index is 0.112. The Labute approximate surface area is 155 Å². The molecule has 0 saturated carbocycles. The maximum Gasteiger partial charge on any atom is 0.411 e. The van der Waals surface area contributed by atoms with E-state index in [1.807, 2.05) is 13.0 Å². The fourth-order valence-electron chi connectivity index (χ4n) is 2.80. The number of ether oxygens (including phenoxy) is 2. The standard InChI is InChI=1S/C18H23F3N2O4/c1-13-3-4-14(11-15(13)26-2)17(25)23-8-6-22(7-9-23)16(24)5-10-27-12-18(19,20)21/h3-4,11H,5-10,12H2,1-2H3. The number of amides is 2. The largest absolute Gasteiger partial charge is 0.496 e. The summed E-state index contributed by atoms with van der Waals surface area (Å²) in [5.41, 5.74) is 1.44. The molecule has 0 unspecified atom stereocenters. The van der Waals surface area contributed by atoms with Gasteiger partial charge in [0.1, 0.15) is 12.4 Å². The number of hydrogen-bond acceptors (Lipinski definition) is 4. The fraction of sp³-hybridized carbons (Fsp3) is 0.556. The number of alkyl halides is 3. The van der Waals surface area contributed by atoms with Gasteiger partial charge in [-0.1, -0.05) is 6.07 Å². The summed E-state index contributed by atoms with van der Waals surface area (Å²) in [6.07, 6.45) is -4.51. The molecule has 2 amide bonds. The van der Waals surface area contributed by atoms with E-state index in [1.54, 1.807) is 24.1 Å². The van der Waals surface area contributed by atoms with Crippen LogP contribution in [0.3, 0.4) is 0 Å². The number of rotatable bonds is 6. The van der Waals surface area contributed by atoms with Crippen LogP contribution in [0.25, 0.3) is 0 Å². The van der Waals surface area contributed by atoms with Gasteiger partial charge in [-0.2, -0.15) is 13.2 Å². The predicted molar refractivity (Wildman–Crippen MR) is 91.7 cm³/mol. The van der Waals surface area contributed by atoms with Gasteiger partial charge < -0.3 is 19.3 Å². The van der Waals surface area contributed by atoms with Crippen molar-refractivity contribution in [2.45, 2.75) is 19.5 Å². The summed E-state index contributed by atoms with van der Waals surface area (Å²) in [6.45, 7) is 1.66. The first-order valence-corrected chi connectivity index (χ1v) is 8.57. The number of carbonyl (C=O) groups is 2. The van der Waals surface area contributed by atoms with Gasteiger partial charge in [-0.25, -0.2) is 0 Å². The van der Waals surface area contributed by atoms with Crippen LogP contribution in [0.2, 0.25) is 0 Å². The number of carbonyl (C=O) groups excluding carboxylic acids is 2. The summed E-state index contributed by atoms with van der Waals surface area (Å²) >= 11 is 0. The highest BCUT2D eigenvalue weighted by molar-refractivity contribution is 5.95. The second kappa shape index (κ2) is 9.07. The molecule has 1 fully saturated rings. The molecule has 1 heterocycles. The maximum absolute atomic E-state index is 12.6. The van der Waals surface area contributed by atoms with Gasteiger partial charge in [-0.15, -0.1) is 0 Å². The average Bonchev–Trinajstić information content (AvgIpc) is 2.64. The lowest BCUT2D eigenvalue weighted by Crippen LogP contribution is -2.50. The van der Waals surface area contributed by atoms with Crippen LogP contribution >= 0.6 is 0 Å². The number of halogens is 3. The summed E-state index contributed by atoms with van der Waals surface area (Å²) in [4.78, 5) is 27.8. The van der Waals surface area contributed by atoms with Gasteiger partial charge in [0.15, 0.2) is 0 Å². The number of methoxy groups -OCH3 is 1. The molecule has 6 nitrogen and oxygen atoms in total. The van der Waals surface area contributed by atoms with Gasteiger partial charge in [0, 0.05) is 31.7 Å². The lowest BCUT2D eigenvalue weighted by molar-refractivity contribution is -0.175. The maximum atomic E-state index is 12.6. The van der Waals surface area contributed by atoms with Gasteiger partial charge >= 0.3 is 6.18 Å². The van der Waals surface area contributed by atoms with E-state index in [2.05, 4.69) is 4.74 Å². The molecular formula is C18H23F3N2O4. The Morgan fingerprint density at radius 2 is 1.74 bits per heavy atom. The van der Waals surface area contributed by atoms with Crippen molar-refractivity contribution in [3.05, 3.63) is 29.3 Å². The van der Waals surface area contributed by atoms with E-state index in [0.29, 0.717) is 37.5 Å². The number of hydrogen-bond donors (Lipinski definition) is 0. The third-order valence-corrected chi connectivity index (χ3v) is 4.30. The first kappa shape index (κ1) is 21.0. The molecule has 0 radical (unpaired) electrons. The SMILES string of the molecule is COc1cc(C(=O)N2CCN(C(=O)CCOCC(F)(F)F)CC2)ccc1C. The van der Waals surface area contributed by atoms with Crippen LogP contribution in [0.1, 0.15) is 22.3 Å². The number of nitrogens with zero attached hydrogens (tertiary/aromatic N) is 2. The molecule has 0 aromatic heterocycles. The van der Waals surface area contributed by atoms with Crippen LogP contribution in [-0.2, 0) is 9.53 Å². The highest BCUT2D eigenvalue weighted by atomic mass is 19.4. The summed E-state index contributed by atoms with van der Waals surface area (Å²) in [5.74, 6) is 0.212. The Balaban J connectivity index is 1.80. The van der Waals surface area contributed by atoms with E-state index < -0.39 is 12.8 Å². The lowest BCUT2D eigenvalue weighted by atomic mass is 10.1. The van der Waals surface area contributed by atoms with Crippen LogP contribution in [0.5, 0.6) is 5.75 Å². The molecule has 1 aromatic carbocycles. The minimum atomic E-state index is -4.40. The van der Waals surface area contributed by atoms with E-state index in [1.165, 1.54) is 4.90 Å². The Bertz CT molecular complexity index is 671. The van der Waals surface area contributed by atoms with E-state index >= 15 is 0 Å². The van der Waals surface area contributed by atoms with Gasteiger partial charge in [-0.3, -0.25) is 9.59 Å². The molecule has 9 heteroatoms. The Morgan fingerprint density at radius 3 is 2.33 bits per heavy atom. The van der Waals surface area contributed by atoms with Crippen LogP contribution in [0.4, 0.5) is 13.2 Å². The van der Waals surface area contributed by atoms with Crippen LogP contribution in [0, 0.1) is 6.92 Å². The summed E-state index contributed by atoms with van der Waals surface area (Å²) < 4.78 is 45.7. The molecular weight excluding hydrogens is 365 g/mol. The first-order chi connectivity index (χ1) is 12.7. The number of piperazine rings is 1. The Kier molecular flexibility index (Phi) is 7.06. The van der Waals surface area contributed by atoms with Crippen molar-refractivity contribution in [3.8, 4) is 5.75 Å². The second-order valence-electron chi connectivity index (χ2n) is 6.28.